The molecule has 0 aliphatic carbocycles. The summed E-state index contributed by atoms with van der Waals surface area (Å²) >= 11 is 3.51. The van der Waals surface area contributed by atoms with Gasteiger partial charge in [-0.25, -0.2) is 0 Å². The van der Waals surface area contributed by atoms with Crippen molar-refractivity contribution in [2.75, 3.05) is 26.4 Å². The maximum atomic E-state index is 9.64. The van der Waals surface area contributed by atoms with E-state index in [-0.39, 0.29) is 6.61 Å². The smallest absolute Gasteiger partial charge is 0.119 e. The number of aliphatic hydroxyl groups excluding tert-OH is 1. The monoisotopic (exact) mass is 331 g/mol. The Morgan fingerprint density at radius 3 is 2.79 bits per heavy atom. The second-order valence-corrected chi connectivity index (χ2v) is 5.01. The minimum absolute atomic E-state index is 0.238. The van der Waals surface area contributed by atoms with Gasteiger partial charge in [0.15, 0.2) is 0 Å². The van der Waals surface area contributed by atoms with Crippen LogP contribution in [0.15, 0.2) is 22.7 Å². The topological polar surface area (TPSA) is 50.7 Å². The number of halogens is 1. The summed E-state index contributed by atoms with van der Waals surface area (Å²) in [6, 6.07) is 5.81. The van der Waals surface area contributed by atoms with Crippen LogP contribution in [0.5, 0.6) is 5.75 Å². The van der Waals surface area contributed by atoms with Crippen molar-refractivity contribution >= 4 is 15.9 Å². The van der Waals surface area contributed by atoms with E-state index in [1.807, 2.05) is 25.1 Å². The number of hydrogen-bond donors (Lipinski definition) is 2. The first-order valence-corrected chi connectivity index (χ1v) is 7.34. The standard InChI is InChI=1S/C14H22BrNO3/c1-3-16-8-11-7-13(5-6-14(11)15)19-10-12(17)9-18-4-2/h5-7,12,16-17H,3-4,8-10H2,1-2H3. The molecule has 5 heteroatoms. The van der Waals surface area contributed by atoms with Crippen LogP contribution in [-0.2, 0) is 11.3 Å². The third kappa shape index (κ3) is 6.38. The summed E-state index contributed by atoms with van der Waals surface area (Å²) in [5.74, 6) is 0.756. The van der Waals surface area contributed by atoms with E-state index in [1.165, 1.54) is 0 Å². The van der Waals surface area contributed by atoms with E-state index in [0.717, 1.165) is 28.9 Å². The maximum Gasteiger partial charge on any atom is 0.119 e. The van der Waals surface area contributed by atoms with Gasteiger partial charge in [-0.05, 0) is 37.2 Å². The van der Waals surface area contributed by atoms with E-state index in [4.69, 9.17) is 9.47 Å². The summed E-state index contributed by atoms with van der Waals surface area (Å²) in [4.78, 5) is 0. The van der Waals surface area contributed by atoms with Crippen LogP contribution in [0.25, 0.3) is 0 Å². The molecule has 2 N–H and O–H groups in total. The summed E-state index contributed by atoms with van der Waals surface area (Å²) in [7, 11) is 0. The minimum atomic E-state index is -0.596. The molecule has 0 heterocycles. The third-order valence-corrected chi connectivity index (χ3v) is 3.31. The van der Waals surface area contributed by atoms with Crippen molar-refractivity contribution in [2.45, 2.75) is 26.5 Å². The normalized spacial score (nSPS) is 12.4. The Bertz CT molecular complexity index is 374. The predicted molar refractivity (Wildman–Crippen MR) is 79.5 cm³/mol. The van der Waals surface area contributed by atoms with Crippen LogP contribution in [0.3, 0.4) is 0 Å². The zero-order chi connectivity index (χ0) is 14.1. The molecule has 0 bridgehead atoms. The highest BCUT2D eigenvalue weighted by Crippen LogP contribution is 2.22. The van der Waals surface area contributed by atoms with E-state index >= 15 is 0 Å². The van der Waals surface area contributed by atoms with Crippen LogP contribution in [-0.4, -0.2) is 37.6 Å². The van der Waals surface area contributed by atoms with Crippen LogP contribution >= 0.6 is 15.9 Å². The fourth-order valence-electron chi connectivity index (χ4n) is 1.53. The van der Waals surface area contributed by atoms with Gasteiger partial charge >= 0.3 is 0 Å². The van der Waals surface area contributed by atoms with Gasteiger partial charge in [-0.2, -0.15) is 0 Å². The molecule has 1 aromatic rings. The number of aliphatic hydroxyl groups is 1. The van der Waals surface area contributed by atoms with Gasteiger partial charge in [-0.15, -0.1) is 0 Å². The molecule has 0 spiro atoms. The average molecular weight is 332 g/mol. The van der Waals surface area contributed by atoms with Crippen molar-refractivity contribution < 1.29 is 14.6 Å². The van der Waals surface area contributed by atoms with Crippen LogP contribution in [0.2, 0.25) is 0 Å². The van der Waals surface area contributed by atoms with Gasteiger partial charge in [0.1, 0.15) is 18.5 Å². The van der Waals surface area contributed by atoms with Gasteiger partial charge < -0.3 is 19.9 Å². The Kier molecular flexibility index (Phi) is 8.05. The lowest BCUT2D eigenvalue weighted by Gasteiger charge is -2.13. The minimum Gasteiger partial charge on any atom is -0.491 e. The van der Waals surface area contributed by atoms with E-state index in [2.05, 4.69) is 28.2 Å². The molecule has 0 amide bonds. The van der Waals surface area contributed by atoms with Crippen LogP contribution in [0, 0.1) is 0 Å². The molecule has 19 heavy (non-hydrogen) atoms. The van der Waals surface area contributed by atoms with Gasteiger partial charge in [-0.1, -0.05) is 22.9 Å². The zero-order valence-corrected chi connectivity index (χ0v) is 13.1. The fourth-order valence-corrected chi connectivity index (χ4v) is 1.92. The summed E-state index contributed by atoms with van der Waals surface area (Å²) in [6.07, 6.45) is -0.596. The molecule has 108 valence electrons. The van der Waals surface area contributed by atoms with Crippen LogP contribution < -0.4 is 10.1 Å². The van der Waals surface area contributed by atoms with Crippen LogP contribution in [0.1, 0.15) is 19.4 Å². The molecule has 0 aliphatic rings. The third-order valence-electron chi connectivity index (χ3n) is 2.54. The van der Waals surface area contributed by atoms with E-state index < -0.39 is 6.10 Å². The predicted octanol–water partition coefficient (Wildman–Crippen LogP) is 2.33. The molecule has 0 aliphatic heterocycles. The number of rotatable bonds is 9. The number of benzene rings is 1. The SMILES string of the molecule is CCNCc1cc(OCC(O)COCC)ccc1Br. The van der Waals surface area contributed by atoms with Gasteiger partial charge in [0.05, 0.1) is 6.61 Å². The van der Waals surface area contributed by atoms with E-state index in [0.29, 0.717) is 13.2 Å². The molecule has 0 fully saturated rings. The highest BCUT2D eigenvalue weighted by molar-refractivity contribution is 9.10. The van der Waals surface area contributed by atoms with Gasteiger partial charge in [0.25, 0.3) is 0 Å². The molecule has 0 radical (unpaired) electrons. The van der Waals surface area contributed by atoms with E-state index in [9.17, 15) is 5.11 Å². The second-order valence-electron chi connectivity index (χ2n) is 4.16. The summed E-state index contributed by atoms with van der Waals surface area (Å²) in [5.41, 5.74) is 1.14. The van der Waals surface area contributed by atoms with Gasteiger partial charge in [0.2, 0.25) is 0 Å². The van der Waals surface area contributed by atoms with Crippen LogP contribution in [0.4, 0.5) is 0 Å². The Morgan fingerprint density at radius 2 is 2.11 bits per heavy atom. The number of hydrogen-bond acceptors (Lipinski definition) is 4. The summed E-state index contributed by atoms with van der Waals surface area (Å²) in [6.45, 7) is 6.82. The van der Waals surface area contributed by atoms with Crippen molar-refractivity contribution in [1.82, 2.24) is 5.32 Å². The second kappa shape index (κ2) is 9.31. The molecule has 1 aromatic carbocycles. The Hall–Kier alpha value is -0.620. The van der Waals surface area contributed by atoms with Gasteiger partial charge in [-0.3, -0.25) is 0 Å². The highest BCUT2D eigenvalue weighted by atomic mass is 79.9. The first-order valence-electron chi connectivity index (χ1n) is 6.55. The van der Waals surface area contributed by atoms with Gasteiger partial charge in [0, 0.05) is 17.6 Å². The quantitative estimate of drug-likeness (QED) is 0.729. The highest BCUT2D eigenvalue weighted by Gasteiger charge is 2.07. The van der Waals surface area contributed by atoms with Crippen molar-refractivity contribution in [3.63, 3.8) is 0 Å². The molecular formula is C14H22BrNO3. The lowest BCUT2D eigenvalue weighted by Crippen LogP contribution is -2.23. The Balaban J connectivity index is 2.49. The van der Waals surface area contributed by atoms with Crippen molar-refractivity contribution in [2.24, 2.45) is 0 Å². The van der Waals surface area contributed by atoms with Crippen molar-refractivity contribution in [1.29, 1.82) is 0 Å². The van der Waals surface area contributed by atoms with Crippen molar-refractivity contribution in [3.8, 4) is 5.75 Å². The molecular weight excluding hydrogens is 310 g/mol. The Labute approximate surface area is 123 Å². The maximum absolute atomic E-state index is 9.64. The summed E-state index contributed by atoms with van der Waals surface area (Å²) < 4.78 is 11.7. The number of nitrogens with one attached hydrogen (secondary N) is 1. The van der Waals surface area contributed by atoms with E-state index in [1.54, 1.807) is 0 Å². The number of ether oxygens (including phenoxy) is 2. The fraction of sp³-hybridized carbons (Fsp3) is 0.571. The molecule has 0 aromatic heterocycles. The lowest BCUT2D eigenvalue weighted by molar-refractivity contribution is 0.0164. The molecule has 4 nitrogen and oxygen atoms in total. The molecule has 1 atom stereocenters. The first kappa shape index (κ1) is 16.4. The Morgan fingerprint density at radius 1 is 1.32 bits per heavy atom. The molecule has 0 saturated heterocycles. The zero-order valence-electron chi connectivity index (χ0n) is 11.5. The molecule has 1 rings (SSSR count). The first-order chi connectivity index (χ1) is 9.17. The largest absolute Gasteiger partial charge is 0.491 e. The lowest BCUT2D eigenvalue weighted by atomic mass is 10.2. The van der Waals surface area contributed by atoms with Crippen molar-refractivity contribution in [3.05, 3.63) is 28.2 Å². The molecule has 1 unspecified atom stereocenters. The average Bonchev–Trinajstić information content (AvgIpc) is 2.42. The summed E-state index contributed by atoms with van der Waals surface area (Å²) in [5, 5.41) is 12.9. The molecule has 0 saturated carbocycles.